The van der Waals surface area contributed by atoms with E-state index in [1.165, 1.54) is 6.07 Å². The Kier molecular flexibility index (Phi) is 6.92. The van der Waals surface area contributed by atoms with E-state index in [0.717, 1.165) is 0 Å². The van der Waals surface area contributed by atoms with Crippen LogP contribution in [0.3, 0.4) is 0 Å². The van der Waals surface area contributed by atoms with Crippen molar-refractivity contribution in [2.24, 2.45) is 0 Å². The quantitative estimate of drug-likeness (QED) is 0.218. The molecule has 0 aliphatic carbocycles. The predicted molar refractivity (Wildman–Crippen MR) is 137 cm³/mol. The van der Waals surface area contributed by atoms with Gasteiger partial charge in [-0.05, 0) is 74.1 Å². The van der Waals surface area contributed by atoms with Crippen LogP contribution >= 0.6 is 35.4 Å². The molecule has 4 aromatic rings. The molecule has 1 amide bonds. The maximum Gasteiger partial charge on any atom is 0.266 e. The Hall–Kier alpha value is -3.33. The minimum absolute atomic E-state index is 0.0360. The van der Waals surface area contributed by atoms with Gasteiger partial charge < -0.3 is 19.6 Å². The fourth-order valence-corrected chi connectivity index (χ4v) is 3.86. The Morgan fingerprint density at radius 1 is 1.18 bits per heavy atom. The molecule has 0 spiro atoms. The zero-order valence-corrected chi connectivity index (χ0v) is 20.4. The molecule has 4 rings (SSSR count). The van der Waals surface area contributed by atoms with Gasteiger partial charge in [0.1, 0.15) is 17.0 Å². The van der Waals surface area contributed by atoms with Gasteiger partial charge in [-0.3, -0.25) is 10.1 Å². The van der Waals surface area contributed by atoms with E-state index >= 15 is 0 Å². The van der Waals surface area contributed by atoms with E-state index in [9.17, 15) is 9.90 Å². The fraction of sp³-hybridized carbons (Fsp3) is 0.125. The van der Waals surface area contributed by atoms with Crippen molar-refractivity contribution in [1.82, 2.24) is 10.3 Å². The van der Waals surface area contributed by atoms with Gasteiger partial charge in [0.2, 0.25) is 5.89 Å². The smallest absolute Gasteiger partial charge is 0.266 e. The van der Waals surface area contributed by atoms with Gasteiger partial charge >= 0.3 is 0 Å². The number of amides is 1. The summed E-state index contributed by atoms with van der Waals surface area (Å²) in [6, 6.07) is 15.3. The Bertz CT molecular complexity index is 1370. The molecule has 1 heterocycles. The van der Waals surface area contributed by atoms with E-state index in [4.69, 9.17) is 44.6 Å². The number of nitrogens with zero attached hydrogens (tertiary/aromatic N) is 1. The summed E-state index contributed by atoms with van der Waals surface area (Å²) in [4.78, 5) is 17.0. The number of hydrogen-bond acceptors (Lipinski definition) is 6. The number of nitrogens with one attached hydrogen (secondary N) is 2. The topological polar surface area (TPSA) is 96.6 Å². The minimum atomic E-state index is -0.879. The summed E-state index contributed by atoms with van der Waals surface area (Å²) in [7, 11) is 0. The van der Waals surface area contributed by atoms with Crippen LogP contribution in [0.15, 0.2) is 59.0 Å². The molecule has 3 N–H and O–H groups in total. The molecule has 1 unspecified atom stereocenters. The summed E-state index contributed by atoms with van der Waals surface area (Å²) in [6.45, 7) is 3.30. The molecular weight excluding hydrogens is 497 g/mol. The van der Waals surface area contributed by atoms with E-state index in [1.807, 2.05) is 18.2 Å². The lowest BCUT2D eigenvalue weighted by Gasteiger charge is -2.17. The number of aromatic nitrogens is 1. The Labute approximate surface area is 210 Å². The van der Waals surface area contributed by atoms with E-state index in [-0.39, 0.29) is 16.8 Å². The van der Waals surface area contributed by atoms with Gasteiger partial charge in [0.15, 0.2) is 16.8 Å². The Balaban J connectivity index is 1.46. The van der Waals surface area contributed by atoms with Crippen LogP contribution in [0.2, 0.25) is 10.0 Å². The first-order chi connectivity index (χ1) is 16.2. The number of fused-ring (bicyclic) bond motifs is 1. The molecule has 10 heteroatoms. The molecule has 0 saturated heterocycles. The maximum atomic E-state index is 12.5. The highest BCUT2D eigenvalue weighted by Crippen LogP contribution is 2.36. The molecular formula is C24H19Cl2N3O4S. The molecule has 0 fully saturated rings. The summed E-state index contributed by atoms with van der Waals surface area (Å²) >= 11 is 17.3. The lowest BCUT2D eigenvalue weighted by molar-refractivity contribution is -0.125. The number of ether oxygens (including phenoxy) is 1. The molecule has 0 aliphatic rings. The Morgan fingerprint density at radius 2 is 1.94 bits per heavy atom. The summed E-state index contributed by atoms with van der Waals surface area (Å²) in [5, 5.41) is 16.9. The van der Waals surface area contributed by atoms with Crippen LogP contribution in [0.5, 0.6) is 11.5 Å². The van der Waals surface area contributed by atoms with Crippen molar-refractivity contribution in [1.29, 1.82) is 0 Å². The summed E-state index contributed by atoms with van der Waals surface area (Å²) in [5.41, 5.74) is 2.77. The summed E-state index contributed by atoms with van der Waals surface area (Å²) in [6.07, 6.45) is -0.879. The second kappa shape index (κ2) is 9.89. The van der Waals surface area contributed by atoms with E-state index in [0.29, 0.717) is 43.7 Å². The molecule has 174 valence electrons. The number of para-hydroxylation sites is 2. The average Bonchev–Trinajstić information content (AvgIpc) is 3.22. The van der Waals surface area contributed by atoms with Gasteiger partial charge in [0.25, 0.3) is 5.91 Å². The molecule has 1 atom stereocenters. The zero-order valence-electron chi connectivity index (χ0n) is 18.1. The highest BCUT2D eigenvalue weighted by molar-refractivity contribution is 7.80. The number of carbonyl (C=O) groups excluding carboxylic acids is 1. The Morgan fingerprint density at radius 3 is 2.68 bits per heavy atom. The highest BCUT2D eigenvalue weighted by Gasteiger charge is 2.19. The average molecular weight is 516 g/mol. The van der Waals surface area contributed by atoms with Crippen LogP contribution in [0.4, 0.5) is 5.69 Å². The minimum Gasteiger partial charge on any atom is -0.507 e. The van der Waals surface area contributed by atoms with Crippen LogP contribution < -0.4 is 15.4 Å². The van der Waals surface area contributed by atoms with Gasteiger partial charge in [-0.1, -0.05) is 35.3 Å². The van der Waals surface area contributed by atoms with Crippen LogP contribution in [0, 0.1) is 6.92 Å². The first-order valence-electron chi connectivity index (χ1n) is 10.1. The standard InChI is InChI=1S/C24H19Cl2N3O4S/c1-12-9-15(11-16(21(12)30)23-28-18-5-3-4-6-20(18)33-23)27-24(34)29-22(31)13(2)32-19-8-7-14(25)10-17(19)26/h3-11,13,30H,1-2H3,(H2,27,29,31,34). The first-order valence-corrected chi connectivity index (χ1v) is 11.3. The molecule has 0 saturated carbocycles. The number of anilines is 1. The highest BCUT2D eigenvalue weighted by atomic mass is 35.5. The number of halogens is 2. The number of thiocarbonyl (C=S) groups is 1. The van der Waals surface area contributed by atoms with Crippen molar-refractivity contribution in [2.45, 2.75) is 20.0 Å². The van der Waals surface area contributed by atoms with Crippen molar-refractivity contribution in [3.05, 3.63) is 70.2 Å². The third-order valence-corrected chi connectivity index (χ3v) is 5.62. The van der Waals surface area contributed by atoms with Gasteiger partial charge in [-0.15, -0.1) is 0 Å². The number of benzene rings is 3. The normalized spacial score (nSPS) is 11.8. The second-order valence-electron chi connectivity index (χ2n) is 7.45. The molecule has 1 aromatic heterocycles. The van der Waals surface area contributed by atoms with Crippen LogP contribution in [-0.2, 0) is 4.79 Å². The second-order valence-corrected chi connectivity index (χ2v) is 8.71. The number of hydrogen-bond donors (Lipinski definition) is 3. The van der Waals surface area contributed by atoms with Crippen LogP contribution in [0.1, 0.15) is 12.5 Å². The number of carbonyl (C=O) groups is 1. The molecule has 0 bridgehead atoms. The van der Waals surface area contributed by atoms with Crippen molar-refractivity contribution >= 4 is 63.2 Å². The van der Waals surface area contributed by atoms with E-state index < -0.39 is 12.0 Å². The fourth-order valence-electron chi connectivity index (χ4n) is 3.19. The number of oxazole rings is 1. The zero-order chi connectivity index (χ0) is 24.4. The van der Waals surface area contributed by atoms with Crippen molar-refractivity contribution in [3.8, 4) is 23.0 Å². The third-order valence-electron chi connectivity index (χ3n) is 4.89. The van der Waals surface area contributed by atoms with Gasteiger partial charge in [0, 0.05) is 10.7 Å². The molecule has 7 nitrogen and oxygen atoms in total. The molecule has 34 heavy (non-hydrogen) atoms. The SMILES string of the molecule is Cc1cc(NC(=S)NC(=O)C(C)Oc2ccc(Cl)cc2Cl)cc(-c2nc3ccccc3o2)c1O. The largest absolute Gasteiger partial charge is 0.507 e. The predicted octanol–water partition coefficient (Wildman–Crippen LogP) is 6.10. The van der Waals surface area contributed by atoms with Gasteiger partial charge in [-0.25, -0.2) is 4.98 Å². The lowest BCUT2D eigenvalue weighted by Crippen LogP contribution is -2.42. The van der Waals surface area contributed by atoms with Gasteiger partial charge in [-0.2, -0.15) is 0 Å². The van der Waals surface area contributed by atoms with E-state index in [1.54, 1.807) is 44.2 Å². The maximum absolute atomic E-state index is 12.5. The van der Waals surface area contributed by atoms with Crippen LogP contribution in [-0.4, -0.2) is 27.2 Å². The number of phenols is 1. The molecule has 0 radical (unpaired) electrons. The molecule has 0 aliphatic heterocycles. The monoisotopic (exact) mass is 515 g/mol. The summed E-state index contributed by atoms with van der Waals surface area (Å²) < 4.78 is 11.4. The number of aromatic hydroxyl groups is 1. The van der Waals surface area contributed by atoms with Gasteiger partial charge in [0.05, 0.1) is 10.6 Å². The number of aryl methyl sites for hydroxylation is 1. The number of phenolic OH excluding ortho intramolecular Hbond substituents is 1. The van der Waals surface area contributed by atoms with Crippen molar-refractivity contribution < 1.29 is 19.1 Å². The summed E-state index contributed by atoms with van der Waals surface area (Å²) in [5.74, 6) is 0.152. The lowest BCUT2D eigenvalue weighted by atomic mass is 10.1. The third kappa shape index (κ3) is 5.25. The van der Waals surface area contributed by atoms with Crippen molar-refractivity contribution in [3.63, 3.8) is 0 Å². The van der Waals surface area contributed by atoms with Crippen LogP contribution in [0.25, 0.3) is 22.6 Å². The first kappa shape index (κ1) is 23.8. The van der Waals surface area contributed by atoms with E-state index in [2.05, 4.69) is 15.6 Å². The number of rotatable bonds is 5. The molecule has 3 aromatic carbocycles. The van der Waals surface area contributed by atoms with Crippen molar-refractivity contribution in [2.75, 3.05) is 5.32 Å².